The summed E-state index contributed by atoms with van der Waals surface area (Å²) < 4.78 is 0. The van der Waals surface area contributed by atoms with Crippen LogP contribution >= 0.6 is 0 Å². The van der Waals surface area contributed by atoms with Crippen molar-refractivity contribution >= 4 is 11.9 Å². The van der Waals surface area contributed by atoms with E-state index in [1.807, 2.05) is 19.0 Å². The summed E-state index contributed by atoms with van der Waals surface area (Å²) in [5, 5.41) is 6.37. The predicted octanol–water partition coefficient (Wildman–Crippen LogP) is 0.358. The second kappa shape index (κ2) is 7.46. The number of anilines is 1. The van der Waals surface area contributed by atoms with Crippen molar-refractivity contribution < 1.29 is 4.79 Å². The molecule has 1 aliphatic heterocycles. The highest BCUT2D eigenvalue weighted by atomic mass is 16.2. The van der Waals surface area contributed by atoms with Gasteiger partial charge in [-0.1, -0.05) is 0 Å². The first kappa shape index (κ1) is 19.4. The second-order valence-corrected chi connectivity index (χ2v) is 8.22. The number of aromatic nitrogens is 4. The Bertz CT molecular complexity index is 1020. The lowest BCUT2D eigenvalue weighted by Gasteiger charge is -2.40. The molecule has 0 bridgehead atoms. The Morgan fingerprint density at radius 2 is 2.10 bits per heavy atom. The quantitative estimate of drug-likeness (QED) is 0.768. The van der Waals surface area contributed by atoms with Crippen molar-refractivity contribution in [3.8, 4) is 0 Å². The summed E-state index contributed by atoms with van der Waals surface area (Å²) in [6.45, 7) is 1.32. The van der Waals surface area contributed by atoms with Crippen molar-refractivity contribution in [2.75, 3.05) is 32.1 Å². The number of likely N-dealkylation sites (tertiary alicyclic amines) is 1. The van der Waals surface area contributed by atoms with Gasteiger partial charge in [0.25, 0.3) is 11.1 Å². The van der Waals surface area contributed by atoms with Crippen molar-refractivity contribution in [2.45, 2.75) is 43.9 Å². The molecule has 0 radical (unpaired) electrons. The van der Waals surface area contributed by atoms with E-state index in [1.165, 1.54) is 6.07 Å². The maximum atomic E-state index is 12.9. The van der Waals surface area contributed by atoms with E-state index in [0.29, 0.717) is 37.4 Å². The number of aromatic amines is 2. The van der Waals surface area contributed by atoms with Crippen LogP contribution in [0.15, 0.2) is 21.7 Å². The van der Waals surface area contributed by atoms with E-state index in [2.05, 4.69) is 15.2 Å². The number of carbonyl (C=O) groups is 1. The Balaban J connectivity index is 1.52. The standard InChI is InChI=1S/C20H26N6O3/c1-25(2)19-21-17-14(18(29)22-19)8-10-20(17)9-3-11-26(12-20)16(28)7-5-13-4-6-15(27)24-23-13/h4,6H,3,5,7-12H2,1-2H3,(H,24,27)(H,21,22,29). The largest absolute Gasteiger partial charge is 0.348 e. The van der Waals surface area contributed by atoms with Gasteiger partial charge < -0.3 is 9.80 Å². The molecule has 1 saturated heterocycles. The first-order valence-electron chi connectivity index (χ1n) is 10.0. The number of amides is 1. The van der Waals surface area contributed by atoms with E-state index in [4.69, 9.17) is 4.98 Å². The van der Waals surface area contributed by atoms with Crippen LogP contribution in [0.5, 0.6) is 0 Å². The van der Waals surface area contributed by atoms with Crippen LogP contribution in [0.4, 0.5) is 5.95 Å². The number of H-pyrrole nitrogens is 2. The van der Waals surface area contributed by atoms with Gasteiger partial charge in [-0.25, -0.2) is 10.1 Å². The zero-order valence-corrected chi connectivity index (χ0v) is 16.8. The average molecular weight is 398 g/mol. The van der Waals surface area contributed by atoms with Gasteiger partial charge in [-0.3, -0.25) is 19.4 Å². The van der Waals surface area contributed by atoms with Crippen LogP contribution in [0.25, 0.3) is 0 Å². The zero-order chi connectivity index (χ0) is 20.6. The summed E-state index contributed by atoms with van der Waals surface area (Å²) in [5.41, 5.74) is 1.77. The first-order valence-corrected chi connectivity index (χ1v) is 10.0. The maximum Gasteiger partial charge on any atom is 0.264 e. The Kier molecular flexibility index (Phi) is 4.97. The zero-order valence-electron chi connectivity index (χ0n) is 16.8. The Morgan fingerprint density at radius 3 is 2.83 bits per heavy atom. The maximum absolute atomic E-state index is 12.9. The Labute approximate surface area is 168 Å². The molecule has 29 heavy (non-hydrogen) atoms. The number of nitrogens with one attached hydrogen (secondary N) is 2. The first-order chi connectivity index (χ1) is 13.9. The number of nitrogens with zero attached hydrogens (tertiary/aromatic N) is 4. The monoisotopic (exact) mass is 398 g/mol. The van der Waals surface area contributed by atoms with E-state index in [1.54, 1.807) is 11.0 Å². The molecule has 2 aliphatic rings. The van der Waals surface area contributed by atoms with Gasteiger partial charge in [-0.05, 0) is 31.7 Å². The predicted molar refractivity (Wildman–Crippen MR) is 108 cm³/mol. The van der Waals surface area contributed by atoms with Crippen LogP contribution in [0.2, 0.25) is 0 Å². The number of piperidine rings is 1. The number of carbonyl (C=O) groups excluding carboxylic acids is 1. The van der Waals surface area contributed by atoms with Crippen LogP contribution in [0.3, 0.4) is 0 Å². The van der Waals surface area contributed by atoms with Crippen LogP contribution < -0.4 is 16.0 Å². The minimum absolute atomic E-state index is 0.0665. The molecule has 1 fully saturated rings. The van der Waals surface area contributed by atoms with Gasteiger partial charge in [0, 0.05) is 57.1 Å². The van der Waals surface area contributed by atoms with Gasteiger partial charge in [0.05, 0.1) is 11.4 Å². The summed E-state index contributed by atoms with van der Waals surface area (Å²) in [7, 11) is 3.71. The smallest absolute Gasteiger partial charge is 0.264 e. The van der Waals surface area contributed by atoms with Crippen molar-refractivity contribution in [2.24, 2.45) is 0 Å². The summed E-state index contributed by atoms with van der Waals surface area (Å²) in [6.07, 6.45) is 4.21. The normalized spacial score (nSPS) is 20.7. The van der Waals surface area contributed by atoms with Gasteiger partial charge in [-0.15, -0.1) is 0 Å². The molecule has 1 unspecified atom stereocenters. The van der Waals surface area contributed by atoms with E-state index in [9.17, 15) is 14.4 Å². The minimum atomic E-state index is -0.252. The van der Waals surface area contributed by atoms with Crippen LogP contribution in [-0.2, 0) is 23.1 Å². The molecule has 1 aliphatic carbocycles. The summed E-state index contributed by atoms with van der Waals surface area (Å²) in [4.78, 5) is 47.8. The molecule has 2 N–H and O–H groups in total. The van der Waals surface area contributed by atoms with Crippen LogP contribution in [0, 0.1) is 0 Å². The van der Waals surface area contributed by atoms with Crippen molar-refractivity contribution in [3.63, 3.8) is 0 Å². The van der Waals surface area contributed by atoms with Gasteiger partial charge in [-0.2, -0.15) is 5.10 Å². The minimum Gasteiger partial charge on any atom is -0.348 e. The van der Waals surface area contributed by atoms with Gasteiger partial charge >= 0.3 is 0 Å². The lowest BCUT2D eigenvalue weighted by atomic mass is 9.77. The number of hydrogen-bond donors (Lipinski definition) is 2. The van der Waals surface area contributed by atoms with Gasteiger partial charge in [0.1, 0.15) is 0 Å². The molecule has 1 spiro atoms. The van der Waals surface area contributed by atoms with Crippen molar-refractivity contribution in [1.29, 1.82) is 0 Å². The van der Waals surface area contributed by atoms with Crippen LogP contribution in [0.1, 0.15) is 42.6 Å². The number of aryl methyl sites for hydroxylation is 1. The highest BCUT2D eigenvalue weighted by Crippen LogP contribution is 2.43. The molecule has 0 saturated carbocycles. The van der Waals surface area contributed by atoms with Crippen molar-refractivity contribution in [1.82, 2.24) is 25.1 Å². The number of hydrogen-bond acceptors (Lipinski definition) is 6. The van der Waals surface area contributed by atoms with Crippen molar-refractivity contribution in [3.05, 3.63) is 49.8 Å². The fourth-order valence-electron chi connectivity index (χ4n) is 4.50. The third-order valence-electron chi connectivity index (χ3n) is 6.04. The lowest BCUT2D eigenvalue weighted by Crippen LogP contribution is -2.48. The highest BCUT2D eigenvalue weighted by molar-refractivity contribution is 5.76. The Hall–Kier alpha value is -2.97. The van der Waals surface area contributed by atoms with E-state index >= 15 is 0 Å². The molecule has 4 rings (SSSR count). The summed E-state index contributed by atoms with van der Waals surface area (Å²) >= 11 is 0. The molecule has 2 aromatic heterocycles. The fraction of sp³-hybridized carbons (Fsp3) is 0.550. The van der Waals surface area contributed by atoms with E-state index < -0.39 is 0 Å². The molecule has 9 nitrogen and oxygen atoms in total. The number of fused-ring (bicyclic) bond motifs is 2. The molecule has 154 valence electrons. The molecule has 0 aromatic carbocycles. The molecule has 2 aromatic rings. The fourth-order valence-corrected chi connectivity index (χ4v) is 4.50. The number of rotatable bonds is 4. The topological polar surface area (TPSA) is 115 Å². The molecular weight excluding hydrogens is 372 g/mol. The third-order valence-corrected chi connectivity index (χ3v) is 6.04. The van der Waals surface area contributed by atoms with Crippen LogP contribution in [-0.4, -0.2) is 58.2 Å². The molecular formula is C20H26N6O3. The molecule has 1 amide bonds. The van der Waals surface area contributed by atoms with E-state index in [0.717, 1.165) is 37.1 Å². The molecule has 1 atom stereocenters. The third kappa shape index (κ3) is 3.68. The lowest BCUT2D eigenvalue weighted by molar-refractivity contribution is -0.133. The van der Waals surface area contributed by atoms with Gasteiger partial charge in [0.15, 0.2) is 0 Å². The summed E-state index contributed by atoms with van der Waals surface area (Å²) in [5.74, 6) is 0.630. The van der Waals surface area contributed by atoms with E-state index in [-0.39, 0.29) is 22.4 Å². The SMILES string of the molecule is CN(C)c1nc2c(c(=O)[nH]1)CCC21CCCN(C(=O)CCc2ccc(=O)[nH]n2)C1. The van der Waals surface area contributed by atoms with Gasteiger partial charge in [0.2, 0.25) is 11.9 Å². The average Bonchev–Trinajstić information content (AvgIpc) is 3.05. The second-order valence-electron chi connectivity index (χ2n) is 8.22. The highest BCUT2D eigenvalue weighted by Gasteiger charge is 2.45. The Morgan fingerprint density at radius 1 is 1.28 bits per heavy atom. The summed E-state index contributed by atoms with van der Waals surface area (Å²) in [6, 6.07) is 3.07. The molecule has 3 heterocycles. The molecule has 9 heteroatoms.